The summed E-state index contributed by atoms with van der Waals surface area (Å²) in [6.07, 6.45) is -0.851. The largest absolute Gasteiger partial charge is 0.306 e. The summed E-state index contributed by atoms with van der Waals surface area (Å²) in [5, 5.41) is 0. The first-order valence-electron chi connectivity index (χ1n) is 4.16. The molecule has 74 valence electrons. The third-order valence-corrected chi connectivity index (χ3v) is 2.53. The highest BCUT2D eigenvalue weighted by atomic mass is 19.3. The van der Waals surface area contributed by atoms with Crippen molar-refractivity contribution >= 4 is 6.08 Å². The number of alkyl halides is 2. The van der Waals surface area contributed by atoms with Crippen LogP contribution in [0.5, 0.6) is 0 Å². The first kappa shape index (κ1) is 10.3. The molecular weight excluding hydrogens is 178 g/mol. The Balaban J connectivity index is 2.75. The van der Waals surface area contributed by atoms with E-state index in [1.807, 2.05) is 11.9 Å². The van der Waals surface area contributed by atoms with E-state index < -0.39 is 12.0 Å². The molecule has 0 amide bonds. The van der Waals surface area contributed by atoms with Gasteiger partial charge in [0.25, 0.3) is 6.43 Å². The third-order valence-electron chi connectivity index (χ3n) is 2.53. The number of halogens is 2. The number of aliphatic imine (C=N–C) groups is 1. The molecule has 1 saturated heterocycles. The van der Waals surface area contributed by atoms with E-state index in [4.69, 9.17) is 0 Å². The molecule has 0 N–H and O–H groups in total. The van der Waals surface area contributed by atoms with Crippen molar-refractivity contribution in [1.29, 1.82) is 0 Å². The molecule has 0 bridgehead atoms. The summed E-state index contributed by atoms with van der Waals surface area (Å²) in [5.41, 5.74) is -1.46. The van der Waals surface area contributed by atoms with Crippen LogP contribution in [0.4, 0.5) is 8.78 Å². The first-order valence-corrected chi connectivity index (χ1v) is 4.16. The van der Waals surface area contributed by atoms with E-state index in [1.54, 1.807) is 0 Å². The van der Waals surface area contributed by atoms with Crippen molar-refractivity contribution in [2.45, 2.75) is 24.8 Å². The van der Waals surface area contributed by atoms with Crippen LogP contribution in [0.15, 0.2) is 4.99 Å². The Kier molecular flexibility index (Phi) is 3.12. The van der Waals surface area contributed by atoms with Crippen LogP contribution in [-0.2, 0) is 4.79 Å². The second-order valence-corrected chi connectivity index (χ2v) is 3.41. The smallest absolute Gasteiger partial charge is 0.264 e. The number of rotatable bonds is 2. The second kappa shape index (κ2) is 3.94. The summed E-state index contributed by atoms with van der Waals surface area (Å²) < 4.78 is 25.2. The first-order chi connectivity index (χ1) is 6.10. The van der Waals surface area contributed by atoms with E-state index in [0.29, 0.717) is 13.1 Å². The molecule has 0 unspecified atom stereocenters. The summed E-state index contributed by atoms with van der Waals surface area (Å²) in [6, 6.07) is 0. The van der Waals surface area contributed by atoms with Gasteiger partial charge in [0.15, 0.2) is 0 Å². The Morgan fingerprint density at radius 1 is 1.46 bits per heavy atom. The fourth-order valence-corrected chi connectivity index (χ4v) is 1.48. The summed E-state index contributed by atoms with van der Waals surface area (Å²) in [6.45, 7) is 1.10. The minimum atomic E-state index is -2.57. The van der Waals surface area contributed by atoms with E-state index in [9.17, 15) is 13.6 Å². The fourth-order valence-electron chi connectivity index (χ4n) is 1.48. The topological polar surface area (TPSA) is 32.7 Å². The molecule has 0 aromatic heterocycles. The van der Waals surface area contributed by atoms with Crippen LogP contribution in [0, 0.1) is 0 Å². The average molecular weight is 190 g/mol. The van der Waals surface area contributed by atoms with Crippen molar-refractivity contribution in [3.05, 3.63) is 0 Å². The third kappa shape index (κ3) is 2.11. The molecular formula is C8H12F2N2O. The van der Waals surface area contributed by atoms with Crippen LogP contribution in [-0.4, -0.2) is 43.1 Å². The molecule has 1 rings (SSSR count). The Morgan fingerprint density at radius 2 is 2.00 bits per heavy atom. The van der Waals surface area contributed by atoms with Crippen molar-refractivity contribution in [3.8, 4) is 0 Å². The van der Waals surface area contributed by atoms with Gasteiger partial charge < -0.3 is 4.90 Å². The molecule has 1 fully saturated rings. The molecule has 1 aliphatic heterocycles. The Bertz CT molecular complexity index is 218. The molecule has 0 aliphatic carbocycles. The van der Waals surface area contributed by atoms with E-state index >= 15 is 0 Å². The van der Waals surface area contributed by atoms with Crippen LogP contribution in [0.25, 0.3) is 0 Å². The van der Waals surface area contributed by atoms with Gasteiger partial charge in [-0.2, -0.15) is 4.99 Å². The molecule has 3 nitrogen and oxygen atoms in total. The zero-order valence-corrected chi connectivity index (χ0v) is 7.46. The zero-order valence-electron chi connectivity index (χ0n) is 7.46. The van der Waals surface area contributed by atoms with Gasteiger partial charge in [-0.3, -0.25) is 0 Å². The number of carbonyl (C=O) groups excluding carboxylic acids is 1. The van der Waals surface area contributed by atoms with Crippen molar-refractivity contribution in [3.63, 3.8) is 0 Å². The van der Waals surface area contributed by atoms with E-state index in [2.05, 4.69) is 4.99 Å². The van der Waals surface area contributed by atoms with E-state index in [-0.39, 0.29) is 12.8 Å². The molecule has 1 heterocycles. The van der Waals surface area contributed by atoms with Crippen LogP contribution >= 0.6 is 0 Å². The Morgan fingerprint density at radius 3 is 2.38 bits per heavy atom. The van der Waals surface area contributed by atoms with Gasteiger partial charge in [-0.15, -0.1) is 0 Å². The molecule has 13 heavy (non-hydrogen) atoms. The summed E-state index contributed by atoms with van der Waals surface area (Å²) in [5.74, 6) is 0. The van der Waals surface area contributed by atoms with E-state index in [0.717, 1.165) is 0 Å². The van der Waals surface area contributed by atoms with Gasteiger partial charge in [0.2, 0.25) is 6.08 Å². The highest BCUT2D eigenvalue weighted by molar-refractivity contribution is 5.35. The number of hydrogen-bond acceptors (Lipinski definition) is 3. The SMILES string of the molecule is CN1CCC(N=C=O)(C(F)F)CC1. The van der Waals surface area contributed by atoms with Crippen molar-refractivity contribution in [2.75, 3.05) is 20.1 Å². The van der Waals surface area contributed by atoms with Gasteiger partial charge >= 0.3 is 0 Å². The van der Waals surface area contributed by atoms with Crippen LogP contribution in [0.2, 0.25) is 0 Å². The summed E-state index contributed by atoms with van der Waals surface area (Å²) >= 11 is 0. The number of nitrogens with zero attached hydrogens (tertiary/aromatic N) is 2. The highest BCUT2D eigenvalue weighted by Gasteiger charge is 2.42. The lowest BCUT2D eigenvalue weighted by molar-refractivity contribution is 0.0184. The maximum Gasteiger partial charge on any atom is 0.264 e. The quantitative estimate of drug-likeness (QED) is 0.481. The van der Waals surface area contributed by atoms with Crippen molar-refractivity contribution < 1.29 is 13.6 Å². The van der Waals surface area contributed by atoms with Crippen molar-refractivity contribution in [2.24, 2.45) is 4.99 Å². The molecule has 1 aliphatic rings. The van der Waals surface area contributed by atoms with Gasteiger partial charge in [0.05, 0.1) is 0 Å². The average Bonchev–Trinajstić information content (AvgIpc) is 2.09. The molecule has 0 spiro atoms. The van der Waals surface area contributed by atoms with Gasteiger partial charge in [0.1, 0.15) is 5.54 Å². The summed E-state index contributed by atoms with van der Waals surface area (Å²) in [7, 11) is 1.86. The monoisotopic (exact) mass is 190 g/mol. The highest BCUT2D eigenvalue weighted by Crippen LogP contribution is 2.31. The normalized spacial score (nSPS) is 22.8. The lowest BCUT2D eigenvalue weighted by Crippen LogP contribution is -2.46. The second-order valence-electron chi connectivity index (χ2n) is 3.41. The lowest BCUT2D eigenvalue weighted by Gasteiger charge is -2.35. The fraction of sp³-hybridized carbons (Fsp3) is 0.875. The number of hydrogen-bond donors (Lipinski definition) is 0. The molecule has 0 atom stereocenters. The maximum absolute atomic E-state index is 12.6. The molecule has 5 heteroatoms. The Labute approximate surface area is 75.4 Å². The van der Waals surface area contributed by atoms with Gasteiger partial charge in [-0.05, 0) is 19.9 Å². The van der Waals surface area contributed by atoms with Gasteiger partial charge in [0, 0.05) is 13.1 Å². The van der Waals surface area contributed by atoms with Crippen LogP contribution < -0.4 is 0 Å². The zero-order chi connectivity index (χ0) is 9.90. The van der Waals surface area contributed by atoms with Crippen molar-refractivity contribution in [1.82, 2.24) is 4.90 Å². The molecule has 0 aromatic carbocycles. The predicted molar refractivity (Wildman–Crippen MR) is 43.6 cm³/mol. The standard InChI is InChI=1S/C8H12F2N2O/c1-12-4-2-8(3-5-12,7(9)10)11-6-13/h7H,2-5H2,1H3. The van der Waals surface area contributed by atoms with Crippen LogP contribution in [0.1, 0.15) is 12.8 Å². The lowest BCUT2D eigenvalue weighted by atomic mass is 9.89. The summed E-state index contributed by atoms with van der Waals surface area (Å²) in [4.78, 5) is 15.2. The molecule has 0 saturated carbocycles. The van der Waals surface area contributed by atoms with Gasteiger partial charge in [-0.25, -0.2) is 13.6 Å². The Hall–Kier alpha value is -0.800. The number of likely N-dealkylation sites (tertiary alicyclic amines) is 1. The van der Waals surface area contributed by atoms with E-state index in [1.165, 1.54) is 6.08 Å². The minimum absolute atomic E-state index is 0.233. The molecule has 0 radical (unpaired) electrons. The maximum atomic E-state index is 12.6. The van der Waals surface area contributed by atoms with Gasteiger partial charge in [-0.1, -0.05) is 0 Å². The number of piperidine rings is 1. The minimum Gasteiger partial charge on any atom is -0.306 e. The van der Waals surface area contributed by atoms with Crippen LogP contribution in [0.3, 0.4) is 0 Å². The molecule has 0 aromatic rings. The predicted octanol–water partition coefficient (Wildman–Crippen LogP) is 1.05. The number of isocyanates is 1.